The molecule has 0 spiro atoms. The van der Waals surface area contributed by atoms with Gasteiger partial charge in [-0.15, -0.1) is 0 Å². The van der Waals surface area contributed by atoms with E-state index in [2.05, 4.69) is 15.2 Å². The van der Waals surface area contributed by atoms with Crippen molar-refractivity contribution in [2.45, 2.75) is 12.3 Å². The van der Waals surface area contributed by atoms with Gasteiger partial charge in [0.15, 0.2) is 0 Å². The minimum Gasteiger partial charge on any atom is -0.396 e. The second kappa shape index (κ2) is 4.92. The average Bonchev–Trinajstić information content (AvgIpc) is 3.07. The molecular weight excluding hydrogens is 261 g/mol. The van der Waals surface area contributed by atoms with Gasteiger partial charge in [-0.1, -0.05) is 0 Å². The van der Waals surface area contributed by atoms with Gasteiger partial charge in [0, 0.05) is 19.0 Å². The van der Waals surface area contributed by atoms with Crippen LogP contribution in [0, 0.1) is 5.82 Å². The third kappa shape index (κ3) is 2.22. The third-order valence-corrected chi connectivity index (χ3v) is 3.53. The van der Waals surface area contributed by atoms with E-state index in [-0.39, 0.29) is 17.5 Å². The Morgan fingerprint density at radius 1 is 1.45 bits per heavy atom. The summed E-state index contributed by atoms with van der Waals surface area (Å²) in [5, 5.41) is 6.77. The van der Waals surface area contributed by atoms with Crippen molar-refractivity contribution in [3.8, 4) is 0 Å². The first kappa shape index (κ1) is 12.6. The number of pyridine rings is 1. The van der Waals surface area contributed by atoms with Gasteiger partial charge in [-0.05, 0) is 18.6 Å². The van der Waals surface area contributed by atoms with Gasteiger partial charge >= 0.3 is 0 Å². The number of nitrogens with one attached hydrogen (secondary N) is 1. The van der Waals surface area contributed by atoms with Crippen LogP contribution in [0.4, 0.5) is 10.1 Å². The monoisotopic (exact) mass is 275 g/mol. The lowest BCUT2D eigenvalue weighted by molar-refractivity contribution is 0.0785. The summed E-state index contributed by atoms with van der Waals surface area (Å²) < 4.78 is 12.8. The molecule has 1 amide bonds. The maximum absolute atomic E-state index is 12.8. The number of amides is 1. The number of hydrogen-bond acceptors (Lipinski definition) is 4. The highest BCUT2D eigenvalue weighted by atomic mass is 19.1. The van der Waals surface area contributed by atoms with Crippen LogP contribution in [0.1, 0.15) is 28.5 Å². The Bertz CT molecular complexity index is 624. The highest BCUT2D eigenvalue weighted by Gasteiger charge is 2.30. The zero-order valence-electron chi connectivity index (χ0n) is 10.7. The topological polar surface area (TPSA) is 87.9 Å². The summed E-state index contributed by atoms with van der Waals surface area (Å²) in [7, 11) is 0. The van der Waals surface area contributed by atoms with Gasteiger partial charge in [-0.25, -0.2) is 9.37 Å². The van der Waals surface area contributed by atoms with E-state index in [1.54, 1.807) is 11.1 Å². The second-order valence-corrected chi connectivity index (χ2v) is 4.84. The van der Waals surface area contributed by atoms with Crippen molar-refractivity contribution in [1.29, 1.82) is 0 Å². The van der Waals surface area contributed by atoms with Crippen LogP contribution in [0.2, 0.25) is 0 Å². The number of likely N-dealkylation sites (tertiary alicyclic amines) is 1. The molecule has 0 aliphatic carbocycles. The number of nitrogens with two attached hydrogens (primary N) is 1. The van der Waals surface area contributed by atoms with E-state index in [0.29, 0.717) is 18.8 Å². The molecule has 1 atom stereocenters. The summed E-state index contributed by atoms with van der Waals surface area (Å²) in [5.41, 5.74) is 7.56. The fraction of sp³-hybridized carbons (Fsp3) is 0.308. The molecule has 0 saturated carbocycles. The molecule has 1 aliphatic rings. The molecule has 20 heavy (non-hydrogen) atoms. The van der Waals surface area contributed by atoms with Crippen LogP contribution in [-0.2, 0) is 0 Å². The van der Waals surface area contributed by atoms with Crippen molar-refractivity contribution in [3.63, 3.8) is 0 Å². The van der Waals surface area contributed by atoms with Gasteiger partial charge in [0.25, 0.3) is 5.91 Å². The Morgan fingerprint density at radius 3 is 2.95 bits per heavy atom. The maximum Gasteiger partial charge on any atom is 0.272 e. The lowest BCUT2D eigenvalue weighted by Gasteiger charge is -2.15. The van der Waals surface area contributed by atoms with Gasteiger partial charge < -0.3 is 10.6 Å². The molecule has 0 bridgehead atoms. The summed E-state index contributed by atoms with van der Waals surface area (Å²) in [6.45, 7) is 1.19. The molecule has 3 heterocycles. The standard InChI is InChI=1S/C13H14FN5O/c14-9-1-2-11(16-5-9)13(20)19-4-3-8(7-19)12-10(15)6-17-18-12/h1-2,5-6,8H,3-4,7,15H2,(H,17,18). The zero-order chi connectivity index (χ0) is 14.1. The van der Waals surface area contributed by atoms with E-state index in [0.717, 1.165) is 18.3 Å². The van der Waals surface area contributed by atoms with Crippen molar-refractivity contribution >= 4 is 11.6 Å². The van der Waals surface area contributed by atoms with Crippen LogP contribution < -0.4 is 5.73 Å². The maximum atomic E-state index is 12.8. The Labute approximate surface area is 114 Å². The second-order valence-electron chi connectivity index (χ2n) is 4.84. The van der Waals surface area contributed by atoms with Crippen LogP contribution in [0.3, 0.4) is 0 Å². The number of nitrogen functional groups attached to an aromatic ring is 1. The molecule has 1 fully saturated rings. The van der Waals surface area contributed by atoms with Gasteiger partial charge in [-0.2, -0.15) is 5.10 Å². The first-order valence-electron chi connectivity index (χ1n) is 6.34. The van der Waals surface area contributed by atoms with E-state index in [9.17, 15) is 9.18 Å². The number of nitrogens with zero attached hydrogens (tertiary/aromatic N) is 3. The molecule has 2 aromatic heterocycles. The van der Waals surface area contributed by atoms with Crippen LogP contribution in [0.5, 0.6) is 0 Å². The molecule has 1 saturated heterocycles. The van der Waals surface area contributed by atoms with E-state index >= 15 is 0 Å². The highest BCUT2D eigenvalue weighted by molar-refractivity contribution is 5.92. The lowest BCUT2D eigenvalue weighted by Crippen LogP contribution is -2.29. The van der Waals surface area contributed by atoms with E-state index in [1.165, 1.54) is 12.1 Å². The largest absolute Gasteiger partial charge is 0.396 e. The number of rotatable bonds is 2. The van der Waals surface area contributed by atoms with Gasteiger partial charge in [0.2, 0.25) is 0 Å². The van der Waals surface area contributed by atoms with Crippen molar-refractivity contribution in [2.75, 3.05) is 18.8 Å². The molecule has 0 radical (unpaired) electrons. The number of H-pyrrole nitrogens is 1. The minimum absolute atomic E-state index is 0.155. The summed E-state index contributed by atoms with van der Waals surface area (Å²) in [6, 6.07) is 2.64. The summed E-state index contributed by atoms with van der Waals surface area (Å²) in [6.07, 6.45) is 3.44. The molecular formula is C13H14FN5O. The summed E-state index contributed by atoms with van der Waals surface area (Å²) in [4.78, 5) is 17.8. The van der Waals surface area contributed by atoms with Crippen molar-refractivity contribution in [3.05, 3.63) is 41.7 Å². The van der Waals surface area contributed by atoms with Gasteiger partial charge in [-0.3, -0.25) is 9.89 Å². The van der Waals surface area contributed by atoms with Crippen LogP contribution >= 0.6 is 0 Å². The first-order chi connectivity index (χ1) is 9.65. The summed E-state index contributed by atoms with van der Waals surface area (Å²) >= 11 is 0. The molecule has 6 nitrogen and oxygen atoms in total. The molecule has 1 unspecified atom stereocenters. The van der Waals surface area contributed by atoms with Gasteiger partial charge in [0.1, 0.15) is 11.5 Å². The lowest BCUT2D eigenvalue weighted by atomic mass is 10.0. The predicted molar refractivity (Wildman–Crippen MR) is 70.5 cm³/mol. The van der Waals surface area contributed by atoms with Crippen LogP contribution in [0.25, 0.3) is 0 Å². The predicted octanol–water partition coefficient (Wildman–Crippen LogP) is 1.16. The Morgan fingerprint density at radius 2 is 2.30 bits per heavy atom. The van der Waals surface area contributed by atoms with Gasteiger partial charge in [0.05, 0.1) is 23.8 Å². The fourth-order valence-corrected chi connectivity index (χ4v) is 2.48. The Balaban J connectivity index is 1.72. The number of hydrogen-bond donors (Lipinski definition) is 2. The quantitative estimate of drug-likeness (QED) is 0.860. The van der Waals surface area contributed by atoms with E-state index < -0.39 is 5.82 Å². The van der Waals surface area contributed by atoms with Crippen molar-refractivity contribution < 1.29 is 9.18 Å². The number of anilines is 1. The Kier molecular flexibility index (Phi) is 3.09. The number of carbonyl (C=O) groups is 1. The molecule has 1 aliphatic heterocycles. The third-order valence-electron chi connectivity index (χ3n) is 3.53. The summed E-state index contributed by atoms with van der Waals surface area (Å²) in [5.74, 6) is -0.487. The molecule has 3 rings (SSSR count). The van der Waals surface area contributed by atoms with Crippen molar-refractivity contribution in [2.24, 2.45) is 0 Å². The number of carbonyl (C=O) groups excluding carboxylic acids is 1. The van der Waals surface area contributed by atoms with Crippen LogP contribution in [-0.4, -0.2) is 39.1 Å². The minimum atomic E-state index is -0.453. The average molecular weight is 275 g/mol. The number of aromatic nitrogens is 3. The molecule has 104 valence electrons. The molecule has 3 N–H and O–H groups in total. The molecule has 2 aromatic rings. The smallest absolute Gasteiger partial charge is 0.272 e. The highest BCUT2D eigenvalue weighted by Crippen LogP contribution is 2.29. The first-order valence-corrected chi connectivity index (χ1v) is 6.34. The van der Waals surface area contributed by atoms with E-state index in [1.807, 2.05) is 0 Å². The SMILES string of the molecule is Nc1cn[nH]c1C1CCN(C(=O)c2ccc(F)cn2)C1. The van der Waals surface area contributed by atoms with E-state index in [4.69, 9.17) is 5.73 Å². The van der Waals surface area contributed by atoms with Crippen molar-refractivity contribution in [1.82, 2.24) is 20.1 Å². The number of halogens is 1. The van der Waals surface area contributed by atoms with Crippen LogP contribution in [0.15, 0.2) is 24.5 Å². The molecule has 7 heteroatoms. The fourth-order valence-electron chi connectivity index (χ4n) is 2.48. The molecule has 0 aromatic carbocycles. The Hall–Kier alpha value is -2.44. The zero-order valence-corrected chi connectivity index (χ0v) is 10.7. The number of aromatic amines is 1. The normalized spacial score (nSPS) is 18.4.